The van der Waals surface area contributed by atoms with Crippen molar-refractivity contribution in [2.75, 3.05) is 11.5 Å². The third kappa shape index (κ3) is 3.84. The summed E-state index contributed by atoms with van der Waals surface area (Å²) >= 11 is 6.39. The fourth-order valence-electron chi connectivity index (χ4n) is 3.18. The van der Waals surface area contributed by atoms with E-state index < -0.39 is 5.82 Å². The summed E-state index contributed by atoms with van der Waals surface area (Å²) in [6.07, 6.45) is 1.45. The van der Waals surface area contributed by atoms with Crippen molar-refractivity contribution in [3.8, 4) is 5.75 Å². The van der Waals surface area contributed by atoms with Gasteiger partial charge >= 0.3 is 0 Å². The lowest BCUT2D eigenvalue weighted by molar-refractivity contribution is -0.113. The molecule has 0 aliphatic carbocycles. The fourth-order valence-corrected chi connectivity index (χ4v) is 3.40. The number of amides is 1. The zero-order chi connectivity index (χ0) is 21.1. The fraction of sp³-hybridized carbons (Fsp3) is 0.0833. The Bertz CT molecular complexity index is 1160. The van der Waals surface area contributed by atoms with Crippen LogP contribution in [0.2, 0.25) is 5.02 Å². The molecule has 1 amide bonds. The Balaban J connectivity index is 1.82. The summed E-state index contributed by atoms with van der Waals surface area (Å²) in [6, 6.07) is 20.5. The van der Waals surface area contributed by atoms with Gasteiger partial charge in [0, 0.05) is 11.1 Å². The van der Waals surface area contributed by atoms with E-state index in [1.807, 2.05) is 13.0 Å². The van der Waals surface area contributed by atoms with Crippen molar-refractivity contribution < 1.29 is 13.9 Å². The van der Waals surface area contributed by atoms with E-state index in [4.69, 9.17) is 16.3 Å². The first kappa shape index (κ1) is 19.9. The van der Waals surface area contributed by atoms with E-state index in [9.17, 15) is 9.18 Å². The van der Waals surface area contributed by atoms with Crippen molar-refractivity contribution in [3.05, 3.63) is 100 Å². The number of hydrogen-bond donors (Lipinski definition) is 0. The van der Waals surface area contributed by atoms with E-state index in [2.05, 4.69) is 4.99 Å². The van der Waals surface area contributed by atoms with Crippen molar-refractivity contribution in [2.24, 2.45) is 4.99 Å². The van der Waals surface area contributed by atoms with Crippen LogP contribution in [-0.2, 0) is 4.79 Å². The summed E-state index contributed by atoms with van der Waals surface area (Å²) in [4.78, 5) is 19.3. The molecule has 150 valence electrons. The molecule has 3 aromatic rings. The van der Waals surface area contributed by atoms with Gasteiger partial charge in [0.1, 0.15) is 23.1 Å². The second-order valence-corrected chi connectivity index (χ2v) is 6.94. The topological polar surface area (TPSA) is 41.9 Å². The van der Waals surface area contributed by atoms with Crippen molar-refractivity contribution >= 4 is 35.1 Å². The molecular weight excluding hydrogens is 403 g/mol. The first-order valence-corrected chi connectivity index (χ1v) is 9.83. The molecule has 0 aromatic heterocycles. The molecule has 0 atom stereocenters. The Morgan fingerprint density at radius 3 is 2.43 bits per heavy atom. The van der Waals surface area contributed by atoms with E-state index in [1.165, 1.54) is 17.0 Å². The molecule has 0 unspecified atom stereocenters. The smallest absolute Gasteiger partial charge is 0.282 e. The van der Waals surface area contributed by atoms with Crippen LogP contribution in [0.25, 0.3) is 6.08 Å². The second-order valence-electron chi connectivity index (χ2n) is 6.53. The highest BCUT2D eigenvalue weighted by Crippen LogP contribution is 2.31. The minimum Gasteiger partial charge on any atom is -0.494 e. The van der Waals surface area contributed by atoms with Crippen LogP contribution in [0.5, 0.6) is 5.75 Å². The Labute approximate surface area is 178 Å². The molecule has 1 heterocycles. The lowest BCUT2D eigenvalue weighted by atomic mass is 10.1. The molecule has 4 nitrogen and oxygen atoms in total. The van der Waals surface area contributed by atoms with Crippen LogP contribution < -0.4 is 9.64 Å². The maximum Gasteiger partial charge on any atom is 0.282 e. The lowest BCUT2D eigenvalue weighted by Crippen LogP contribution is -2.32. The molecule has 1 aliphatic rings. The highest BCUT2D eigenvalue weighted by Gasteiger charge is 2.33. The number of amidine groups is 1. The van der Waals surface area contributed by atoms with Gasteiger partial charge in [0.2, 0.25) is 0 Å². The van der Waals surface area contributed by atoms with Gasteiger partial charge in [0.25, 0.3) is 5.91 Å². The summed E-state index contributed by atoms with van der Waals surface area (Å²) in [5.74, 6) is 0.299. The van der Waals surface area contributed by atoms with Crippen LogP contribution in [0, 0.1) is 5.82 Å². The number of halogens is 2. The first-order chi connectivity index (χ1) is 14.6. The first-order valence-electron chi connectivity index (χ1n) is 9.45. The number of nitrogens with zero attached hydrogens (tertiary/aromatic N) is 2. The number of benzene rings is 3. The molecule has 30 heavy (non-hydrogen) atoms. The summed E-state index contributed by atoms with van der Waals surface area (Å²) in [7, 11) is 0. The van der Waals surface area contributed by atoms with Gasteiger partial charge in [-0.05, 0) is 55.5 Å². The molecule has 6 heteroatoms. The normalized spacial score (nSPS) is 14.9. The molecule has 0 fully saturated rings. The number of hydrogen-bond acceptors (Lipinski definition) is 3. The average Bonchev–Trinajstić information content (AvgIpc) is 3.07. The summed E-state index contributed by atoms with van der Waals surface area (Å²) in [5, 5.41) is 0.465. The quantitative estimate of drug-likeness (QED) is 0.496. The standard InChI is InChI=1S/C24H18ClFN2O2/c1-2-30-18-13-11-17(12-14-18)28-23(19-8-4-5-9-20(19)25)27-22(24(28)29)15-16-7-3-6-10-21(16)26/h3-15H,2H2,1H3/b22-15+. The largest absolute Gasteiger partial charge is 0.494 e. The van der Waals surface area contributed by atoms with Crippen LogP contribution in [0.3, 0.4) is 0 Å². The molecule has 1 aliphatic heterocycles. The number of ether oxygens (including phenoxy) is 1. The van der Waals surface area contributed by atoms with Gasteiger partial charge in [0.05, 0.1) is 17.3 Å². The minimum atomic E-state index is -0.424. The van der Waals surface area contributed by atoms with E-state index >= 15 is 0 Å². The van der Waals surface area contributed by atoms with Gasteiger partial charge in [-0.1, -0.05) is 41.9 Å². The third-order valence-electron chi connectivity index (χ3n) is 4.58. The molecule has 0 spiro atoms. The van der Waals surface area contributed by atoms with Gasteiger partial charge in [-0.2, -0.15) is 0 Å². The summed E-state index contributed by atoms with van der Waals surface area (Å²) in [6.45, 7) is 2.45. The number of aliphatic imine (C=N–C) groups is 1. The van der Waals surface area contributed by atoms with Crippen LogP contribution in [0.15, 0.2) is 83.5 Å². The number of rotatable bonds is 5. The number of anilines is 1. The van der Waals surface area contributed by atoms with Gasteiger partial charge < -0.3 is 4.74 Å². The predicted octanol–water partition coefficient (Wildman–Crippen LogP) is 5.71. The highest BCUT2D eigenvalue weighted by atomic mass is 35.5. The zero-order valence-electron chi connectivity index (χ0n) is 16.2. The Hall–Kier alpha value is -3.44. The Kier molecular flexibility index (Phi) is 5.63. The van der Waals surface area contributed by atoms with E-state index in [-0.39, 0.29) is 17.2 Å². The second kappa shape index (κ2) is 8.51. The van der Waals surface area contributed by atoms with Crippen LogP contribution in [0.4, 0.5) is 10.1 Å². The molecule has 0 N–H and O–H groups in total. The van der Waals surface area contributed by atoms with Crippen LogP contribution >= 0.6 is 11.6 Å². The molecular formula is C24H18ClFN2O2. The molecule has 3 aromatic carbocycles. The van der Waals surface area contributed by atoms with Crippen molar-refractivity contribution in [1.29, 1.82) is 0 Å². The molecule has 0 saturated carbocycles. The van der Waals surface area contributed by atoms with Crippen LogP contribution in [0.1, 0.15) is 18.1 Å². The maximum atomic E-state index is 14.1. The maximum absolute atomic E-state index is 14.1. The lowest BCUT2D eigenvalue weighted by Gasteiger charge is -2.19. The number of carbonyl (C=O) groups excluding carboxylic acids is 1. The van der Waals surface area contributed by atoms with Gasteiger partial charge in [-0.25, -0.2) is 9.38 Å². The highest BCUT2D eigenvalue weighted by molar-refractivity contribution is 6.39. The van der Waals surface area contributed by atoms with E-state index in [1.54, 1.807) is 60.7 Å². The van der Waals surface area contributed by atoms with Crippen molar-refractivity contribution in [2.45, 2.75) is 6.92 Å². The average molecular weight is 421 g/mol. The molecule has 4 rings (SSSR count). The number of carbonyl (C=O) groups is 1. The van der Waals surface area contributed by atoms with E-state index in [0.717, 1.165) is 0 Å². The minimum absolute atomic E-state index is 0.129. The Morgan fingerprint density at radius 2 is 1.73 bits per heavy atom. The predicted molar refractivity (Wildman–Crippen MR) is 117 cm³/mol. The molecule has 0 saturated heterocycles. The SMILES string of the molecule is CCOc1ccc(N2C(=O)/C(=C\c3ccccc3F)N=C2c2ccccc2Cl)cc1. The summed E-state index contributed by atoms with van der Waals surface area (Å²) < 4.78 is 19.6. The third-order valence-corrected chi connectivity index (χ3v) is 4.91. The zero-order valence-corrected chi connectivity index (χ0v) is 16.9. The van der Waals surface area contributed by atoms with Crippen molar-refractivity contribution in [3.63, 3.8) is 0 Å². The molecule has 0 radical (unpaired) electrons. The Morgan fingerprint density at radius 1 is 1.03 bits per heavy atom. The summed E-state index contributed by atoms with van der Waals surface area (Å²) in [5.41, 5.74) is 1.64. The van der Waals surface area contributed by atoms with Gasteiger partial charge in [0.15, 0.2) is 0 Å². The van der Waals surface area contributed by atoms with Gasteiger partial charge in [-0.3, -0.25) is 9.69 Å². The van der Waals surface area contributed by atoms with E-state index in [0.29, 0.717) is 34.5 Å². The van der Waals surface area contributed by atoms with Crippen molar-refractivity contribution in [1.82, 2.24) is 0 Å². The molecule has 0 bridgehead atoms. The monoisotopic (exact) mass is 420 g/mol. The van der Waals surface area contributed by atoms with Crippen LogP contribution in [-0.4, -0.2) is 18.3 Å². The van der Waals surface area contributed by atoms with Gasteiger partial charge in [-0.15, -0.1) is 0 Å².